The van der Waals surface area contributed by atoms with Crippen molar-refractivity contribution in [3.63, 3.8) is 0 Å². The Balaban J connectivity index is 2.01. The summed E-state index contributed by atoms with van der Waals surface area (Å²) < 4.78 is 0. The van der Waals surface area contributed by atoms with Gasteiger partial charge in [-0.2, -0.15) is 0 Å². The Morgan fingerprint density at radius 3 is 2.88 bits per heavy atom. The molecule has 2 N–H and O–H groups in total. The van der Waals surface area contributed by atoms with E-state index < -0.39 is 5.41 Å². The molecule has 1 saturated carbocycles. The molecular formula is C13H16N2O2. The first-order valence-corrected chi connectivity index (χ1v) is 6.21. The molecule has 3 unspecified atom stereocenters. The molecule has 3 aliphatic rings. The van der Waals surface area contributed by atoms with Crippen molar-refractivity contribution >= 4 is 11.8 Å². The van der Waals surface area contributed by atoms with E-state index in [9.17, 15) is 9.59 Å². The number of fused-ring (bicyclic) bond motifs is 2. The predicted molar refractivity (Wildman–Crippen MR) is 62.7 cm³/mol. The fourth-order valence-corrected chi connectivity index (χ4v) is 3.31. The maximum Gasteiger partial charge on any atom is 0.247 e. The Bertz CT molecular complexity index is 427. The third-order valence-corrected chi connectivity index (χ3v) is 4.18. The predicted octanol–water partition coefficient (Wildman–Crippen LogP) is 0.861. The van der Waals surface area contributed by atoms with Crippen molar-refractivity contribution < 1.29 is 9.59 Å². The first-order valence-electron chi connectivity index (χ1n) is 6.21. The normalized spacial score (nSPS) is 39.8. The van der Waals surface area contributed by atoms with E-state index in [1.165, 1.54) is 18.9 Å². The van der Waals surface area contributed by atoms with Crippen molar-refractivity contribution in [2.45, 2.75) is 31.7 Å². The van der Waals surface area contributed by atoms with Crippen LogP contribution in [-0.4, -0.2) is 17.9 Å². The monoisotopic (exact) mass is 232 g/mol. The molecule has 2 heterocycles. The summed E-state index contributed by atoms with van der Waals surface area (Å²) in [6.07, 6.45) is 11.2. The Hall–Kier alpha value is -1.58. The van der Waals surface area contributed by atoms with E-state index in [1.807, 2.05) is 6.08 Å². The number of nitrogens with one attached hydrogen (secondary N) is 2. The summed E-state index contributed by atoms with van der Waals surface area (Å²) in [5, 5.41) is 5.70. The Morgan fingerprint density at radius 2 is 2.00 bits per heavy atom. The third kappa shape index (κ3) is 1.51. The van der Waals surface area contributed by atoms with Crippen LogP contribution in [0, 0.1) is 11.3 Å². The summed E-state index contributed by atoms with van der Waals surface area (Å²) in [4.78, 5) is 23.5. The second-order valence-electron chi connectivity index (χ2n) is 5.08. The Kier molecular flexibility index (Phi) is 2.31. The highest BCUT2D eigenvalue weighted by atomic mass is 16.2. The molecule has 2 fully saturated rings. The lowest BCUT2D eigenvalue weighted by Gasteiger charge is -2.31. The standard InChI is InChI=1S/C13H16N2O2/c16-11-5-6-13(7-8-14-11)9-3-1-2-4-10(9)15-12(13)17/h5-10H,1-4H2,(H,14,16)(H,15,17). The van der Waals surface area contributed by atoms with Crippen LogP contribution in [0.15, 0.2) is 24.4 Å². The topological polar surface area (TPSA) is 58.2 Å². The Labute approximate surface area is 100 Å². The third-order valence-electron chi connectivity index (χ3n) is 4.18. The second-order valence-corrected chi connectivity index (χ2v) is 5.08. The molecule has 1 saturated heterocycles. The van der Waals surface area contributed by atoms with Crippen LogP contribution in [0.5, 0.6) is 0 Å². The fraction of sp³-hybridized carbons (Fsp3) is 0.538. The van der Waals surface area contributed by atoms with Gasteiger partial charge in [0, 0.05) is 24.2 Å². The minimum absolute atomic E-state index is 0.0402. The summed E-state index contributed by atoms with van der Waals surface area (Å²) in [5.41, 5.74) is -0.607. The van der Waals surface area contributed by atoms with E-state index in [0.717, 1.165) is 12.8 Å². The molecular weight excluding hydrogens is 216 g/mol. The largest absolute Gasteiger partial charge is 0.352 e. The Morgan fingerprint density at radius 1 is 1.18 bits per heavy atom. The highest BCUT2D eigenvalue weighted by Gasteiger charge is 2.52. The van der Waals surface area contributed by atoms with E-state index in [-0.39, 0.29) is 17.9 Å². The zero-order valence-corrected chi connectivity index (χ0v) is 9.61. The lowest BCUT2D eigenvalue weighted by atomic mass is 9.69. The van der Waals surface area contributed by atoms with Gasteiger partial charge < -0.3 is 10.6 Å². The second kappa shape index (κ2) is 3.72. The van der Waals surface area contributed by atoms with Crippen molar-refractivity contribution in [3.05, 3.63) is 24.4 Å². The number of carbonyl (C=O) groups excluding carboxylic acids is 2. The molecule has 90 valence electrons. The minimum Gasteiger partial charge on any atom is -0.352 e. The van der Waals surface area contributed by atoms with Crippen LogP contribution < -0.4 is 10.6 Å². The molecule has 4 nitrogen and oxygen atoms in total. The van der Waals surface area contributed by atoms with Crippen LogP contribution in [-0.2, 0) is 9.59 Å². The van der Waals surface area contributed by atoms with E-state index in [4.69, 9.17) is 0 Å². The molecule has 2 aliphatic heterocycles. The van der Waals surface area contributed by atoms with Gasteiger partial charge >= 0.3 is 0 Å². The summed E-state index contributed by atoms with van der Waals surface area (Å²) >= 11 is 0. The van der Waals surface area contributed by atoms with Crippen LogP contribution in [0.3, 0.4) is 0 Å². The molecule has 4 heteroatoms. The molecule has 1 spiro atoms. The average molecular weight is 232 g/mol. The summed E-state index contributed by atoms with van der Waals surface area (Å²) in [7, 11) is 0. The van der Waals surface area contributed by atoms with Gasteiger partial charge in [0.2, 0.25) is 11.8 Å². The molecule has 0 bridgehead atoms. The van der Waals surface area contributed by atoms with Crippen molar-refractivity contribution in [3.8, 4) is 0 Å². The maximum atomic E-state index is 12.2. The van der Waals surface area contributed by atoms with Gasteiger partial charge in [-0.1, -0.05) is 18.9 Å². The number of hydrogen-bond donors (Lipinski definition) is 2. The molecule has 17 heavy (non-hydrogen) atoms. The molecule has 1 aliphatic carbocycles. The van der Waals surface area contributed by atoms with Gasteiger partial charge in [0.25, 0.3) is 0 Å². The fourth-order valence-electron chi connectivity index (χ4n) is 3.31. The number of hydrogen-bond acceptors (Lipinski definition) is 2. The first kappa shape index (κ1) is 10.6. The number of carbonyl (C=O) groups is 2. The molecule has 3 atom stereocenters. The van der Waals surface area contributed by atoms with Crippen molar-refractivity contribution in [1.29, 1.82) is 0 Å². The van der Waals surface area contributed by atoms with Gasteiger partial charge in [0.05, 0.1) is 5.41 Å². The zero-order valence-electron chi connectivity index (χ0n) is 9.61. The molecule has 0 radical (unpaired) electrons. The van der Waals surface area contributed by atoms with E-state index >= 15 is 0 Å². The van der Waals surface area contributed by atoms with Crippen molar-refractivity contribution in [2.75, 3.05) is 0 Å². The van der Waals surface area contributed by atoms with Crippen molar-refractivity contribution in [1.82, 2.24) is 10.6 Å². The number of amides is 2. The number of rotatable bonds is 0. The summed E-state index contributed by atoms with van der Waals surface area (Å²) in [6.45, 7) is 0. The van der Waals surface area contributed by atoms with Crippen LogP contribution in [0.1, 0.15) is 25.7 Å². The van der Waals surface area contributed by atoms with E-state index in [1.54, 1.807) is 12.3 Å². The zero-order chi connectivity index (χ0) is 11.9. The minimum atomic E-state index is -0.607. The first-order chi connectivity index (χ1) is 8.22. The van der Waals surface area contributed by atoms with Gasteiger partial charge in [-0.25, -0.2) is 0 Å². The van der Waals surface area contributed by atoms with Crippen LogP contribution >= 0.6 is 0 Å². The van der Waals surface area contributed by atoms with Gasteiger partial charge in [0.1, 0.15) is 0 Å². The molecule has 0 aromatic heterocycles. The highest BCUT2D eigenvalue weighted by molar-refractivity contribution is 5.95. The lowest BCUT2D eigenvalue weighted by Crippen LogP contribution is -2.33. The summed E-state index contributed by atoms with van der Waals surface area (Å²) in [6, 6.07) is 0.277. The van der Waals surface area contributed by atoms with E-state index in [2.05, 4.69) is 10.6 Å². The maximum absolute atomic E-state index is 12.2. The van der Waals surface area contributed by atoms with Gasteiger partial charge in [-0.05, 0) is 18.9 Å². The van der Waals surface area contributed by atoms with Crippen LogP contribution in [0.2, 0.25) is 0 Å². The molecule has 3 rings (SSSR count). The smallest absolute Gasteiger partial charge is 0.247 e. The lowest BCUT2D eigenvalue weighted by molar-refractivity contribution is -0.124. The van der Waals surface area contributed by atoms with Crippen LogP contribution in [0.25, 0.3) is 0 Å². The van der Waals surface area contributed by atoms with Gasteiger partial charge in [-0.15, -0.1) is 0 Å². The van der Waals surface area contributed by atoms with Gasteiger partial charge in [-0.3, -0.25) is 9.59 Å². The molecule has 2 amide bonds. The van der Waals surface area contributed by atoms with E-state index in [0.29, 0.717) is 5.92 Å². The molecule has 0 aromatic rings. The van der Waals surface area contributed by atoms with Crippen LogP contribution in [0.4, 0.5) is 0 Å². The van der Waals surface area contributed by atoms with Gasteiger partial charge in [0.15, 0.2) is 0 Å². The highest BCUT2D eigenvalue weighted by Crippen LogP contribution is 2.46. The molecule has 0 aromatic carbocycles. The SMILES string of the molecule is O=C1C=CC2(C=CN1)C(=O)NC1CCCCC12. The average Bonchev–Trinajstić information content (AvgIpc) is 2.48. The summed E-state index contributed by atoms with van der Waals surface area (Å²) in [5.74, 6) is 0.174. The quantitative estimate of drug-likeness (QED) is 0.651. The van der Waals surface area contributed by atoms with Crippen molar-refractivity contribution in [2.24, 2.45) is 11.3 Å².